The van der Waals surface area contributed by atoms with Crippen LogP contribution >= 0.6 is 43.5 Å². The van der Waals surface area contributed by atoms with E-state index in [2.05, 4.69) is 37.0 Å². The SMILES string of the molecule is CCn1nc(C)c(Br)c1CC(O)c1ccc(Br)cc1Cl. The maximum Gasteiger partial charge on any atom is 0.0860 e. The zero-order chi connectivity index (χ0) is 14.9. The fourth-order valence-corrected chi connectivity index (χ4v) is 3.37. The maximum absolute atomic E-state index is 10.4. The first-order valence-electron chi connectivity index (χ1n) is 6.28. The van der Waals surface area contributed by atoms with Gasteiger partial charge in [-0.2, -0.15) is 5.10 Å². The van der Waals surface area contributed by atoms with Crippen molar-refractivity contribution in [3.63, 3.8) is 0 Å². The Morgan fingerprint density at radius 3 is 2.70 bits per heavy atom. The third-order valence-electron chi connectivity index (χ3n) is 3.16. The minimum Gasteiger partial charge on any atom is -0.388 e. The first kappa shape index (κ1) is 16.0. The summed E-state index contributed by atoms with van der Waals surface area (Å²) < 4.78 is 3.75. The molecular formula is C14H15Br2ClN2O. The molecule has 0 aliphatic carbocycles. The van der Waals surface area contributed by atoms with E-state index in [4.69, 9.17) is 11.6 Å². The summed E-state index contributed by atoms with van der Waals surface area (Å²) in [6.45, 7) is 4.74. The number of rotatable bonds is 4. The van der Waals surface area contributed by atoms with Gasteiger partial charge in [-0.25, -0.2) is 0 Å². The molecule has 6 heteroatoms. The van der Waals surface area contributed by atoms with Gasteiger partial charge in [0.2, 0.25) is 0 Å². The van der Waals surface area contributed by atoms with Crippen molar-refractivity contribution in [3.05, 3.63) is 49.1 Å². The van der Waals surface area contributed by atoms with E-state index < -0.39 is 6.10 Å². The van der Waals surface area contributed by atoms with E-state index in [0.717, 1.165) is 32.4 Å². The molecule has 1 N–H and O–H groups in total. The van der Waals surface area contributed by atoms with Gasteiger partial charge in [-0.15, -0.1) is 0 Å². The zero-order valence-electron chi connectivity index (χ0n) is 11.2. The molecule has 1 aromatic carbocycles. The lowest BCUT2D eigenvalue weighted by Crippen LogP contribution is -2.09. The summed E-state index contributed by atoms with van der Waals surface area (Å²) in [7, 11) is 0. The molecule has 2 rings (SSSR count). The quantitative estimate of drug-likeness (QED) is 0.778. The van der Waals surface area contributed by atoms with Gasteiger partial charge in [0.15, 0.2) is 0 Å². The molecule has 0 aliphatic rings. The van der Waals surface area contributed by atoms with Crippen LogP contribution in [-0.2, 0) is 13.0 Å². The van der Waals surface area contributed by atoms with Crippen LogP contribution < -0.4 is 0 Å². The van der Waals surface area contributed by atoms with Crippen molar-refractivity contribution in [3.8, 4) is 0 Å². The lowest BCUT2D eigenvalue weighted by atomic mass is 10.0. The van der Waals surface area contributed by atoms with Crippen molar-refractivity contribution >= 4 is 43.5 Å². The van der Waals surface area contributed by atoms with Crippen molar-refractivity contribution in [1.82, 2.24) is 9.78 Å². The van der Waals surface area contributed by atoms with Gasteiger partial charge in [0.25, 0.3) is 0 Å². The summed E-state index contributed by atoms with van der Waals surface area (Å²) >= 11 is 13.1. The Bertz CT molecular complexity index is 628. The van der Waals surface area contributed by atoms with Gasteiger partial charge >= 0.3 is 0 Å². The molecule has 0 spiro atoms. The number of hydrogen-bond acceptors (Lipinski definition) is 2. The highest BCUT2D eigenvalue weighted by molar-refractivity contribution is 9.10. The van der Waals surface area contributed by atoms with Gasteiger partial charge in [-0.05, 0) is 47.5 Å². The lowest BCUT2D eigenvalue weighted by Gasteiger charge is -2.14. The normalized spacial score (nSPS) is 12.7. The first-order valence-corrected chi connectivity index (χ1v) is 8.25. The average Bonchev–Trinajstić information content (AvgIpc) is 2.66. The highest BCUT2D eigenvalue weighted by atomic mass is 79.9. The van der Waals surface area contributed by atoms with Crippen molar-refractivity contribution in [2.45, 2.75) is 32.9 Å². The van der Waals surface area contributed by atoms with Crippen LogP contribution in [0, 0.1) is 6.92 Å². The van der Waals surface area contributed by atoms with Crippen LogP contribution in [0.15, 0.2) is 27.1 Å². The van der Waals surface area contributed by atoms with Crippen molar-refractivity contribution in [2.75, 3.05) is 0 Å². The van der Waals surface area contributed by atoms with Crippen LogP contribution in [0.25, 0.3) is 0 Å². The molecule has 1 unspecified atom stereocenters. The topological polar surface area (TPSA) is 38.0 Å². The van der Waals surface area contributed by atoms with Crippen LogP contribution in [0.2, 0.25) is 5.02 Å². The van der Waals surface area contributed by atoms with Crippen LogP contribution in [0.1, 0.15) is 30.0 Å². The molecule has 3 nitrogen and oxygen atoms in total. The number of aliphatic hydroxyl groups is 1. The molecule has 1 aromatic heterocycles. The maximum atomic E-state index is 10.4. The van der Waals surface area contributed by atoms with Gasteiger partial charge in [0.1, 0.15) is 0 Å². The summed E-state index contributed by atoms with van der Waals surface area (Å²) in [5, 5.41) is 15.4. The molecule has 0 radical (unpaired) electrons. The third kappa shape index (κ3) is 3.27. The Morgan fingerprint density at radius 1 is 1.40 bits per heavy atom. The van der Waals surface area contributed by atoms with Crippen LogP contribution in [0.4, 0.5) is 0 Å². The number of nitrogens with zero attached hydrogens (tertiary/aromatic N) is 2. The third-order valence-corrected chi connectivity index (χ3v) is 5.01. The predicted molar refractivity (Wildman–Crippen MR) is 88.2 cm³/mol. The Balaban J connectivity index is 2.30. The molecular weight excluding hydrogens is 407 g/mol. The molecule has 0 amide bonds. The van der Waals surface area contributed by atoms with Crippen LogP contribution in [0.5, 0.6) is 0 Å². The van der Waals surface area contributed by atoms with E-state index in [1.807, 2.05) is 30.7 Å². The van der Waals surface area contributed by atoms with Crippen LogP contribution in [-0.4, -0.2) is 14.9 Å². The average molecular weight is 423 g/mol. The molecule has 108 valence electrons. The lowest BCUT2D eigenvalue weighted by molar-refractivity contribution is 0.175. The van der Waals surface area contributed by atoms with Crippen molar-refractivity contribution < 1.29 is 5.11 Å². The molecule has 0 saturated heterocycles. The second-order valence-electron chi connectivity index (χ2n) is 4.55. The minimum atomic E-state index is -0.659. The summed E-state index contributed by atoms with van der Waals surface area (Å²) in [5.41, 5.74) is 2.63. The Kier molecular flexibility index (Phi) is 5.29. The zero-order valence-corrected chi connectivity index (χ0v) is 15.1. The molecule has 0 aliphatic heterocycles. The molecule has 1 atom stereocenters. The number of aryl methyl sites for hydroxylation is 2. The standard InChI is InChI=1S/C14H15Br2ClN2O/c1-3-19-12(14(16)8(2)18-19)7-13(20)10-5-4-9(15)6-11(10)17/h4-6,13,20H,3,7H2,1-2H3. The summed E-state index contributed by atoms with van der Waals surface area (Å²) in [6.07, 6.45) is -0.190. The number of hydrogen-bond donors (Lipinski definition) is 1. The minimum absolute atomic E-state index is 0.469. The van der Waals surface area contributed by atoms with E-state index in [-0.39, 0.29) is 0 Å². The second kappa shape index (κ2) is 6.60. The smallest absolute Gasteiger partial charge is 0.0860 e. The highest BCUT2D eigenvalue weighted by Crippen LogP contribution is 2.31. The fraction of sp³-hybridized carbons (Fsp3) is 0.357. The monoisotopic (exact) mass is 420 g/mol. The van der Waals surface area contributed by atoms with Crippen molar-refractivity contribution in [1.29, 1.82) is 0 Å². The predicted octanol–water partition coefficient (Wildman–Crippen LogP) is 4.67. The van der Waals surface area contributed by atoms with Gasteiger partial charge in [-0.1, -0.05) is 33.6 Å². The van der Waals surface area contributed by atoms with Crippen molar-refractivity contribution in [2.24, 2.45) is 0 Å². The summed E-state index contributed by atoms with van der Waals surface area (Å²) in [6, 6.07) is 5.50. The largest absolute Gasteiger partial charge is 0.388 e. The highest BCUT2D eigenvalue weighted by Gasteiger charge is 2.19. The van der Waals surface area contributed by atoms with E-state index >= 15 is 0 Å². The number of aromatic nitrogens is 2. The number of aliphatic hydroxyl groups excluding tert-OH is 1. The molecule has 2 aromatic rings. The molecule has 0 bridgehead atoms. The van der Waals surface area contributed by atoms with Crippen LogP contribution in [0.3, 0.4) is 0 Å². The number of benzene rings is 1. The number of halogens is 3. The fourth-order valence-electron chi connectivity index (χ4n) is 2.13. The van der Waals surface area contributed by atoms with Gasteiger partial charge < -0.3 is 5.11 Å². The Hall–Kier alpha value is -0.360. The van der Waals surface area contributed by atoms with Gasteiger partial charge in [-0.3, -0.25) is 4.68 Å². The Morgan fingerprint density at radius 2 is 2.10 bits per heavy atom. The molecule has 20 heavy (non-hydrogen) atoms. The Labute approximate surface area is 140 Å². The van der Waals surface area contributed by atoms with Gasteiger partial charge in [0.05, 0.1) is 22.0 Å². The molecule has 1 heterocycles. The van der Waals surface area contributed by atoms with E-state index in [0.29, 0.717) is 11.4 Å². The van der Waals surface area contributed by atoms with E-state index in [9.17, 15) is 5.11 Å². The summed E-state index contributed by atoms with van der Waals surface area (Å²) in [5.74, 6) is 0. The van der Waals surface area contributed by atoms with Gasteiger partial charge in [0, 0.05) is 22.5 Å². The second-order valence-corrected chi connectivity index (χ2v) is 6.66. The van der Waals surface area contributed by atoms with E-state index in [1.54, 1.807) is 6.07 Å². The summed E-state index contributed by atoms with van der Waals surface area (Å²) in [4.78, 5) is 0. The van der Waals surface area contributed by atoms with E-state index in [1.165, 1.54) is 0 Å². The first-order chi connectivity index (χ1) is 9.43. The molecule has 0 fully saturated rings. The molecule has 0 saturated carbocycles.